The van der Waals surface area contributed by atoms with Crippen molar-refractivity contribution in [3.05, 3.63) is 71.7 Å². The molecule has 0 amide bonds. The highest BCUT2D eigenvalue weighted by Crippen LogP contribution is 2.39. The molecule has 212 valence electrons. The van der Waals surface area contributed by atoms with Gasteiger partial charge in [-0.25, -0.2) is 23.4 Å². The number of benzene rings is 2. The van der Waals surface area contributed by atoms with E-state index in [1.165, 1.54) is 24.4 Å². The molecule has 40 heavy (non-hydrogen) atoms. The summed E-state index contributed by atoms with van der Waals surface area (Å²) in [6, 6.07) is 9.89. The van der Waals surface area contributed by atoms with E-state index >= 15 is 4.39 Å². The summed E-state index contributed by atoms with van der Waals surface area (Å²) in [5.74, 6) is -0.612. The van der Waals surface area contributed by atoms with Gasteiger partial charge in [-0.05, 0) is 30.8 Å². The average molecular weight is 592 g/mol. The number of halogens is 2. The molecule has 2 aromatic carbocycles. The number of hydrogen-bond acceptors (Lipinski definition) is 9. The molecule has 1 aliphatic heterocycles. The van der Waals surface area contributed by atoms with E-state index in [0.29, 0.717) is 37.4 Å². The van der Waals surface area contributed by atoms with E-state index < -0.39 is 20.4 Å². The first-order valence-electron chi connectivity index (χ1n) is 12.2. The van der Waals surface area contributed by atoms with E-state index in [1.54, 1.807) is 23.1 Å². The second kappa shape index (κ2) is 12.9. The number of phosphoric acid groups is 1. The number of anilines is 3. The lowest BCUT2D eigenvalue weighted by Gasteiger charge is -2.35. The Kier molecular flexibility index (Phi) is 9.52. The second-order valence-corrected chi connectivity index (χ2v) is 10.7. The first-order valence-corrected chi connectivity index (χ1v) is 14.1. The number of nitrogens with zero attached hydrogens (tertiary/aromatic N) is 4. The highest BCUT2D eigenvalue weighted by atomic mass is 35.5. The molecule has 0 unspecified atom stereocenters. The van der Waals surface area contributed by atoms with Gasteiger partial charge in [0.2, 0.25) is 5.95 Å². The number of nitrogens with one attached hydrogen (secondary N) is 1. The molecule has 3 N–H and O–H groups in total. The van der Waals surface area contributed by atoms with Gasteiger partial charge in [-0.15, -0.1) is 0 Å². The minimum Gasteiger partial charge on any atom is -0.465 e. The van der Waals surface area contributed by atoms with Gasteiger partial charge in [0.1, 0.15) is 5.69 Å². The smallest absolute Gasteiger partial charge is 0.465 e. The Morgan fingerprint density at radius 1 is 1.25 bits per heavy atom. The van der Waals surface area contributed by atoms with E-state index in [9.17, 15) is 9.36 Å². The maximum atomic E-state index is 15.5. The van der Waals surface area contributed by atoms with Crippen LogP contribution in [-0.2, 0) is 20.3 Å². The van der Waals surface area contributed by atoms with Gasteiger partial charge in [-0.1, -0.05) is 36.4 Å². The van der Waals surface area contributed by atoms with Crippen molar-refractivity contribution < 1.29 is 32.8 Å². The average Bonchev–Trinajstić information content (AvgIpc) is 2.90. The molecule has 0 saturated carbocycles. The Balaban J connectivity index is 1.63. The number of carbonyl (C=O) groups is 1. The van der Waals surface area contributed by atoms with Crippen LogP contribution < -0.4 is 15.0 Å². The van der Waals surface area contributed by atoms with Gasteiger partial charge < -0.3 is 29.6 Å². The standard InChI is InChI=1S/C26H28ClFN5O6P/c1-3-20(34)12-17-5-4-6-18(11-17)24-21(27)15-29-26(31-24)30-19-13-22(28)25(33-9-7-32(2)8-10-33)23(14-19)38-16-39-40(35,36)37/h3-6,11,13-15H,1,7-10,12,16H2,2H3,(H,29,30,31)(H2,35,36,37). The third-order valence-corrected chi connectivity index (χ3v) is 6.81. The van der Waals surface area contributed by atoms with Crippen LogP contribution in [0, 0.1) is 5.82 Å². The van der Waals surface area contributed by atoms with Crippen LogP contribution in [0.1, 0.15) is 5.56 Å². The molecule has 0 atom stereocenters. The zero-order valence-corrected chi connectivity index (χ0v) is 23.2. The molecule has 4 rings (SSSR count). The fraction of sp³-hybridized carbons (Fsp3) is 0.269. The van der Waals surface area contributed by atoms with Gasteiger partial charge in [-0.2, -0.15) is 0 Å². The molecule has 0 radical (unpaired) electrons. The predicted octanol–water partition coefficient (Wildman–Crippen LogP) is 4.17. The van der Waals surface area contributed by atoms with Crippen molar-refractivity contribution in [2.24, 2.45) is 0 Å². The zero-order chi connectivity index (χ0) is 28.9. The molecule has 0 bridgehead atoms. The van der Waals surface area contributed by atoms with E-state index in [-0.39, 0.29) is 40.3 Å². The molecule has 0 aliphatic carbocycles. The van der Waals surface area contributed by atoms with Gasteiger partial charge >= 0.3 is 7.82 Å². The maximum Gasteiger partial charge on any atom is 0.472 e. The number of phosphoric ester groups is 1. The van der Waals surface area contributed by atoms with Gasteiger partial charge in [0.05, 0.1) is 16.9 Å². The quantitative estimate of drug-likeness (QED) is 0.168. The van der Waals surface area contributed by atoms with Gasteiger partial charge in [0.25, 0.3) is 0 Å². The van der Waals surface area contributed by atoms with Gasteiger partial charge in [0.15, 0.2) is 24.1 Å². The summed E-state index contributed by atoms with van der Waals surface area (Å²) in [7, 11) is -2.84. The highest BCUT2D eigenvalue weighted by Gasteiger charge is 2.24. The first-order chi connectivity index (χ1) is 19.0. The summed E-state index contributed by atoms with van der Waals surface area (Å²) in [5.41, 5.74) is 2.18. The lowest BCUT2D eigenvalue weighted by molar-refractivity contribution is -0.114. The Morgan fingerprint density at radius 2 is 2.00 bits per heavy atom. The fourth-order valence-corrected chi connectivity index (χ4v) is 4.50. The topological polar surface area (TPSA) is 137 Å². The molecule has 1 fully saturated rings. The number of rotatable bonds is 11. The summed E-state index contributed by atoms with van der Waals surface area (Å²) < 4.78 is 36.5. The third-order valence-electron chi connectivity index (χ3n) is 6.09. The molecular weight excluding hydrogens is 564 g/mol. The first kappa shape index (κ1) is 29.6. The molecule has 1 aliphatic rings. The normalized spacial score (nSPS) is 14.2. The molecule has 1 saturated heterocycles. The van der Waals surface area contributed by atoms with Crippen LogP contribution in [0.15, 0.2) is 55.3 Å². The van der Waals surface area contributed by atoms with E-state index in [4.69, 9.17) is 26.1 Å². The van der Waals surface area contributed by atoms with Crippen molar-refractivity contribution in [3.8, 4) is 17.0 Å². The SMILES string of the molecule is C=CC(=O)Cc1cccc(-c2nc(Nc3cc(F)c(N4CCN(C)CC4)c(OCOP(=O)(O)O)c3)ncc2Cl)c1. The number of ketones is 1. The maximum absolute atomic E-state index is 15.5. The van der Waals surface area contributed by atoms with Crippen LogP contribution in [0.5, 0.6) is 5.75 Å². The number of carbonyl (C=O) groups excluding carboxylic acids is 1. The summed E-state index contributed by atoms with van der Waals surface area (Å²) in [5, 5.41) is 3.20. The van der Waals surface area contributed by atoms with Crippen LogP contribution in [0.4, 0.5) is 21.7 Å². The van der Waals surface area contributed by atoms with Crippen LogP contribution >= 0.6 is 19.4 Å². The van der Waals surface area contributed by atoms with Crippen molar-refractivity contribution in [3.63, 3.8) is 0 Å². The van der Waals surface area contributed by atoms with Crippen molar-refractivity contribution in [1.82, 2.24) is 14.9 Å². The number of hydrogen-bond donors (Lipinski definition) is 3. The summed E-state index contributed by atoms with van der Waals surface area (Å²) in [4.78, 5) is 42.4. The lowest BCUT2D eigenvalue weighted by atomic mass is 10.0. The van der Waals surface area contributed by atoms with Crippen LogP contribution in [-0.4, -0.2) is 70.5 Å². The van der Waals surface area contributed by atoms with Gasteiger partial charge in [0, 0.05) is 49.9 Å². The van der Waals surface area contributed by atoms with Gasteiger partial charge in [-0.3, -0.25) is 4.79 Å². The van der Waals surface area contributed by atoms with Crippen LogP contribution in [0.2, 0.25) is 5.02 Å². The van der Waals surface area contributed by atoms with Crippen molar-refractivity contribution in [2.45, 2.75) is 6.42 Å². The second-order valence-electron chi connectivity index (χ2n) is 9.04. The Morgan fingerprint density at radius 3 is 2.70 bits per heavy atom. The summed E-state index contributed by atoms with van der Waals surface area (Å²) in [6.07, 6.45) is 2.84. The van der Waals surface area contributed by atoms with Crippen molar-refractivity contribution in [1.29, 1.82) is 0 Å². The molecule has 0 spiro atoms. The highest BCUT2D eigenvalue weighted by molar-refractivity contribution is 7.46. The zero-order valence-electron chi connectivity index (χ0n) is 21.6. The molecule has 3 aromatic rings. The Hall–Kier alpha value is -3.38. The van der Waals surface area contributed by atoms with Crippen molar-refractivity contribution >= 4 is 42.5 Å². The predicted molar refractivity (Wildman–Crippen MR) is 149 cm³/mol. The molecule has 1 aromatic heterocycles. The Labute approximate surface area is 235 Å². The molecular formula is C26H28ClFN5O6P. The third kappa shape index (κ3) is 7.85. The lowest BCUT2D eigenvalue weighted by Crippen LogP contribution is -2.45. The number of allylic oxidation sites excluding steroid dienone is 1. The number of ether oxygens (including phenoxy) is 1. The number of piperazine rings is 1. The van der Waals surface area contributed by atoms with Crippen molar-refractivity contribution in [2.75, 3.05) is 50.2 Å². The largest absolute Gasteiger partial charge is 0.472 e. The molecule has 11 nitrogen and oxygen atoms in total. The van der Waals surface area contributed by atoms with E-state index in [0.717, 1.165) is 5.56 Å². The number of aromatic nitrogens is 2. The van der Waals surface area contributed by atoms with Crippen LogP contribution in [0.25, 0.3) is 11.3 Å². The fourth-order valence-electron chi connectivity index (χ4n) is 4.11. The minimum absolute atomic E-state index is 0.0225. The Bertz CT molecular complexity index is 1450. The monoisotopic (exact) mass is 591 g/mol. The van der Waals surface area contributed by atoms with Crippen LogP contribution in [0.3, 0.4) is 0 Å². The molecule has 14 heteroatoms. The number of likely N-dealkylation sites (N-methyl/N-ethyl adjacent to an activating group) is 1. The minimum atomic E-state index is -4.80. The summed E-state index contributed by atoms with van der Waals surface area (Å²) >= 11 is 6.38. The summed E-state index contributed by atoms with van der Waals surface area (Å²) in [6.45, 7) is 5.15. The van der Waals surface area contributed by atoms with E-state index in [2.05, 4.69) is 31.3 Å². The molecule has 2 heterocycles. The van der Waals surface area contributed by atoms with E-state index in [1.807, 2.05) is 13.1 Å².